The molecule has 0 saturated heterocycles. The Kier molecular flexibility index (Phi) is 9.93. The van der Waals surface area contributed by atoms with Gasteiger partial charge < -0.3 is 10.4 Å². The number of nitrogens with one attached hydrogen (secondary N) is 2. The second kappa shape index (κ2) is 12.2. The maximum absolute atomic E-state index is 14.5. The van der Waals surface area contributed by atoms with Crippen molar-refractivity contribution in [3.05, 3.63) is 59.2 Å². The average Bonchev–Trinajstić information content (AvgIpc) is 2.83. The quantitative estimate of drug-likeness (QED) is 0.225. The van der Waals surface area contributed by atoms with E-state index in [1.165, 1.54) is 18.2 Å². The molecule has 214 valence electrons. The van der Waals surface area contributed by atoms with Crippen molar-refractivity contribution in [1.29, 1.82) is 0 Å². The second-order valence-electron chi connectivity index (χ2n) is 11.2. The van der Waals surface area contributed by atoms with Gasteiger partial charge in [-0.3, -0.25) is 18.6 Å². The van der Waals surface area contributed by atoms with Gasteiger partial charge in [-0.15, -0.1) is 4.40 Å². The van der Waals surface area contributed by atoms with Crippen LogP contribution in [0.4, 0.5) is 11.4 Å². The molecule has 1 heterocycles. The number of hydrogen-bond acceptors (Lipinski definition) is 8. The van der Waals surface area contributed by atoms with E-state index in [0.717, 1.165) is 24.7 Å². The number of carbonyl (C=O) groups is 1. The Balaban J connectivity index is 0.00000441. The van der Waals surface area contributed by atoms with Gasteiger partial charge in [-0.25, -0.2) is 8.42 Å². The van der Waals surface area contributed by atoms with Crippen LogP contribution in [0.3, 0.4) is 0 Å². The molecule has 1 aliphatic carbocycles. The Morgan fingerprint density at radius 3 is 2.20 bits per heavy atom. The molecular weight excluding hydrogens is 561 g/mol. The van der Waals surface area contributed by atoms with Crippen LogP contribution in [0.25, 0.3) is 5.76 Å². The van der Waals surface area contributed by atoms with E-state index in [4.69, 9.17) is 0 Å². The Morgan fingerprint density at radius 1 is 1.02 bits per heavy atom. The Bertz CT molecular complexity index is 1460. The number of anilines is 2. The molecule has 0 atom stereocenters. The zero-order chi connectivity index (χ0) is 28.8. The SMILES string of the molecule is CC(C)CCC1(CCC(C)C)C(=O)C(C2=NS(O)(O)c3cc(NS(C)(=O)=O)ccc3N2)=C(O)c2ccccc21.[NaH]. The Labute approximate surface area is 260 Å². The van der Waals surface area contributed by atoms with Crippen LogP contribution in [0.15, 0.2) is 57.3 Å². The summed E-state index contributed by atoms with van der Waals surface area (Å²) in [5, 5.41) is 14.4. The van der Waals surface area contributed by atoms with Crippen LogP contribution in [-0.2, 0) is 20.2 Å². The van der Waals surface area contributed by atoms with E-state index in [9.17, 15) is 27.4 Å². The molecule has 4 rings (SSSR count). The molecular formula is C28H38N3NaO6S2. The summed E-state index contributed by atoms with van der Waals surface area (Å²) in [5.41, 5.74) is 0.703. The second-order valence-corrected chi connectivity index (χ2v) is 14.6. The van der Waals surface area contributed by atoms with Gasteiger partial charge in [0.05, 0.1) is 23.0 Å². The fraction of sp³-hybridized carbons (Fsp3) is 0.429. The molecule has 2 aromatic rings. The van der Waals surface area contributed by atoms with Crippen LogP contribution in [0.1, 0.15) is 64.5 Å². The Hall–Kier alpha value is -1.86. The first-order chi connectivity index (χ1) is 18.1. The van der Waals surface area contributed by atoms with Crippen LogP contribution < -0.4 is 10.0 Å². The van der Waals surface area contributed by atoms with Crippen LogP contribution in [0, 0.1) is 11.8 Å². The van der Waals surface area contributed by atoms with Crippen LogP contribution >= 0.6 is 10.8 Å². The van der Waals surface area contributed by atoms with Crippen molar-refractivity contribution in [3.8, 4) is 0 Å². The molecule has 0 spiro atoms. The predicted octanol–water partition coefficient (Wildman–Crippen LogP) is 5.92. The normalized spacial score (nSPS) is 18.3. The first kappa shape index (κ1) is 32.7. The molecule has 9 nitrogen and oxygen atoms in total. The number of benzene rings is 2. The van der Waals surface area contributed by atoms with Gasteiger partial charge in [0.15, 0.2) is 11.6 Å². The van der Waals surface area contributed by atoms with Crippen LogP contribution in [0.5, 0.6) is 0 Å². The molecule has 2 aliphatic rings. The number of carbonyl (C=O) groups excluding carboxylic acids is 1. The standard InChI is InChI=1S/C28H37N3O6S2.Na.H/c1-17(2)12-14-28(15-13-18(3)4)21-9-7-6-8-20(21)25(32)24(26(28)33)27-29-22-11-10-19(30-38(5,34)35)16-23(22)39(36,37)31-27;;/h6-11,16-18,30,32,36-37H,12-15H2,1-5H3,(H,29,31);;. The fourth-order valence-electron chi connectivity index (χ4n) is 5.19. The van der Waals surface area contributed by atoms with Gasteiger partial charge in [0.25, 0.3) is 0 Å². The van der Waals surface area contributed by atoms with Crippen molar-refractivity contribution in [2.45, 2.75) is 63.7 Å². The third-order valence-corrected chi connectivity index (χ3v) is 9.15. The van der Waals surface area contributed by atoms with Gasteiger partial charge >= 0.3 is 29.6 Å². The Morgan fingerprint density at radius 2 is 1.62 bits per heavy atom. The molecule has 12 heteroatoms. The number of Topliss-reactive ketones (excluding diaryl/α,β-unsaturated/α-hetero) is 1. The molecule has 40 heavy (non-hydrogen) atoms. The molecule has 0 saturated carbocycles. The summed E-state index contributed by atoms with van der Waals surface area (Å²) in [7, 11) is -7.43. The van der Waals surface area contributed by atoms with E-state index in [-0.39, 0.29) is 68.8 Å². The molecule has 1 aliphatic heterocycles. The molecule has 2 aromatic carbocycles. The van der Waals surface area contributed by atoms with Gasteiger partial charge in [-0.05, 0) is 61.3 Å². The number of sulfonamides is 1. The van der Waals surface area contributed by atoms with Crippen molar-refractivity contribution in [2.24, 2.45) is 16.2 Å². The van der Waals surface area contributed by atoms with E-state index >= 15 is 0 Å². The number of ketones is 1. The van der Waals surface area contributed by atoms with Gasteiger partial charge in [-0.1, -0.05) is 62.7 Å². The third-order valence-electron chi connectivity index (χ3n) is 7.18. The van der Waals surface area contributed by atoms with Crippen molar-refractivity contribution in [1.82, 2.24) is 0 Å². The van der Waals surface area contributed by atoms with Crippen molar-refractivity contribution in [3.63, 3.8) is 0 Å². The molecule has 0 fully saturated rings. The zero-order valence-corrected chi connectivity index (χ0v) is 24.5. The number of amidine groups is 1. The number of hydrogen-bond donors (Lipinski definition) is 5. The topological polar surface area (TPSA) is 148 Å². The number of aliphatic hydroxyl groups is 1. The number of aliphatic hydroxyl groups excluding tert-OH is 1. The summed E-state index contributed by atoms with van der Waals surface area (Å²) in [6.45, 7) is 8.43. The van der Waals surface area contributed by atoms with Gasteiger partial charge in [0.1, 0.15) is 16.2 Å². The maximum atomic E-state index is 14.5. The summed E-state index contributed by atoms with van der Waals surface area (Å²) >= 11 is 0. The van der Waals surface area contributed by atoms with Crippen molar-refractivity contribution >= 4 is 79.1 Å². The molecule has 0 aromatic heterocycles. The summed E-state index contributed by atoms with van der Waals surface area (Å²) in [5.74, 6) is 0.00722. The zero-order valence-electron chi connectivity index (χ0n) is 22.9. The average molecular weight is 600 g/mol. The van der Waals surface area contributed by atoms with E-state index in [2.05, 4.69) is 42.1 Å². The minimum atomic E-state index is -3.84. The van der Waals surface area contributed by atoms with Gasteiger partial charge in [-0.2, -0.15) is 0 Å². The fourth-order valence-corrected chi connectivity index (χ4v) is 6.93. The molecule has 5 N–H and O–H groups in total. The number of nitrogens with zero attached hydrogens (tertiary/aromatic N) is 1. The van der Waals surface area contributed by atoms with E-state index < -0.39 is 26.2 Å². The van der Waals surface area contributed by atoms with E-state index in [1.807, 2.05) is 12.1 Å². The first-order valence-electron chi connectivity index (χ1n) is 13.0. The van der Waals surface area contributed by atoms with Crippen molar-refractivity contribution in [2.75, 3.05) is 16.3 Å². The molecule has 0 radical (unpaired) electrons. The molecule has 0 amide bonds. The first-order valence-corrected chi connectivity index (χ1v) is 16.4. The van der Waals surface area contributed by atoms with Crippen LogP contribution in [-0.4, -0.2) is 70.1 Å². The monoisotopic (exact) mass is 599 g/mol. The molecule has 0 unspecified atom stereocenters. The van der Waals surface area contributed by atoms with Gasteiger partial charge in [0, 0.05) is 5.56 Å². The van der Waals surface area contributed by atoms with Crippen molar-refractivity contribution < 1.29 is 27.4 Å². The van der Waals surface area contributed by atoms with E-state index in [1.54, 1.807) is 12.1 Å². The number of rotatable bonds is 9. The molecule has 0 bridgehead atoms. The minimum absolute atomic E-state index is 0. The predicted molar refractivity (Wildman–Crippen MR) is 165 cm³/mol. The summed E-state index contributed by atoms with van der Waals surface area (Å²) in [6.07, 6.45) is 3.72. The van der Waals surface area contributed by atoms with Gasteiger partial charge in [0.2, 0.25) is 10.0 Å². The number of fused-ring (bicyclic) bond motifs is 2. The third kappa shape index (κ3) is 6.61. The van der Waals surface area contributed by atoms with Crippen LogP contribution in [0.2, 0.25) is 0 Å². The van der Waals surface area contributed by atoms with E-state index in [0.29, 0.717) is 30.2 Å². The summed E-state index contributed by atoms with van der Waals surface area (Å²) < 4.78 is 51.8. The summed E-state index contributed by atoms with van der Waals surface area (Å²) in [6, 6.07) is 11.6. The summed E-state index contributed by atoms with van der Waals surface area (Å²) in [4.78, 5) is 14.5.